The van der Waals surface area contributed by atoms with Crippen LogP contribution in [-0.2, 0) is 0 Å². The Morgan fingerprint density at radius 2 is 2.23 bits per heavy atom. The highest BCUT2D eigenvalue weighted by Crippen LogP contribution is 2.19. The quantitative estimate of drug-likeness (QED) is 0.655. The van der Waals surface area contributed by atoms with Crippen LogP contribution in [0.2, 0.25) is 0 Å². The maximum Gasteiger partial charge on any atom is 0.126 e. The van der Waals surface area contributed by atoms with E-state index in [1.165, 1.54) is 0 Å². The van der Waals surface area contributed by atoms with E-state index in [1.807, 2.05) is 29.5 Å². The van der Waals surface area contributed by atoms with Gasteiger partial charge in [-0.15, -0.1) is 0 Å². The predicted molar refractivity (Wildman–Crippen MR) is 51.3 cm³/mol. The molecule has 0 fully saturated rings. The molecule has 3 heteroatoms. The summed E-state index contributed by atoms with van der Waals surface area (Å²) in [6.45, 7) is 1.96. The van der Waals surface area contributed by atoms with Gasteiger partial charge in [0.1, 0.15) is 11.9 Å². The maximum atomic E-state index is 8.77. The number of nitrogens with two attached hydrogens (primary N) is 1. The van der Waals surface area contributed by atoms with Crippen molar-refractivity contribution in [3.63, 3.8) is 0 Å². The van der Waals surface area contributed by atoms with Crippen molar-refractivity contribution in [3.05, 3.63) is 35.5 Å². The van der Waals surface area contributed by atoms with Gasteiger partial charge in [-0.1, -0.05) is 6.07 Å². The number of aromatic nitrogens is 1. The van der Waals surface area contributed by atoms with Crippen LogP contribution in [0.4, 0.5) is 5.82 Å². The molecule has 0 saturated carbocycles. The third-order valence-corrected chi connectivity index (χ3v) is 2.14. The second-order valence-electron chi connectivity index (χ2n) is 2.98. The van der Waals surface area contributed by atoms with Gasteiger partial charge in [0.25, 0.3) is 0 Å². The molecule has 0 amide bonds. The van der Waals surface area contributed by atoms with Crippen molar-refractivity contribution in [1.82, 2.24) is 4.40 Å². The SMILES string of the molecule is Cc1cccc2cc(C#N)c(N)n12. The van der Waals surface area contributed by atoms with Crippen LogP contribution in [0.15, 0.2) is 24.3 Å². The molecule has 2 aromatic rings. The van der Waals surface area contributed by atoms with Gasteiger partial charge in [-0.3, -0.25) is 4.40 Å². The van der Waals surface area contributed by atoms with Crippen LogP contribution in [-0.4, -0.2) is 4.40 Å². The maximum absolute atomic E-state index is 8.77. The number of rotatable bonds is 0. The standard InChI is InChI=1S/C10H9N3/c1-7-3-2-4-9-5-8(6-11)10(12)13(7)9/h2-5H,12H2,1H3. The fourth-order valence-electron chi connectivity index (χ4n) is 1.51. The average molecular weight is 171 g/mol. The van der Waals surface area contributed by atoms with E-state index in [1.54, 1.807) is 6.07 Å². The molecular weight excluding hydrogens is 162 g/mol. The molecule has 2 aromatic heterocycles. The zero-order chi connectivity index (χ0) is 9.42. The fourth-order valence-corrected chi connectivity index (χ4v) is 1.51. The van der Waals surface area contributed by atoms with Gasteiger partial charge in [0.05, 0.1) is 5.56 Å². The number of nitrogen functional groups attached to an aromatic ring is 1. The summed E-state index contributed by atoms with van der Waals surface area (Å²) >= 11 is 0. The third-order valence-electron chi connectivity index (χ3n) is 2.14. The Bertz CT molecular complexity index is 503. The number of nitrogens with zero attached hydrogens (tertiary/aromatic N) is 2. The average Bonchev–Trinajstić information content (AvgIpc) is 2.44. The monoisotopic (exact) mass is 171 g/mol. The summed E-state index contributed by atoms with van der Waals surface area (Å²) in [4.78, 5) is 0. The van der Waals surface area contributed by atoms with Gasteiger partial charge in [-0.25, -0.2) is 0 Å². The smallest absolute Gasteiger partial charge is 0.126 e. The van der Waals surface area contributed by atoms with E-state index in [4.69, 9.17) is 11.0 Å². The largest absolute Gasteiger partial charge is 0.384 e. The Balaban J connectivity index is 2.95. The summed E-state index contributed by atoms with van der Waals surface area (Å²) in [6, 6.07) is 9.71. The van der Waals surface area contributed by atoms with Crippen molar-refractivity contribution < 1.29 is 0 Å². The molecule has 0 unspecified atom stereocenters. The molecule has 64 valence electrons. The van der Waals surface area contributed by atoms with Gasteiger partial charge in [-0.05, 0) is 25.1 Å². The number of pyridine rings is 1. The highest BCUT2D eigenvalue weighted by molar-refractivity contribution is 5.66. The Morgan fingerprint density at radius 3 is 2.85 bits per heavy atom. The van der Waals surface area contributed by atoms with Crippen molar-refractivity contribution in [2.45, 2.75) is 6.92 Å². The lowest BCUT2D eigenvalue weighted by Gasteiger charge is -2.01. The van der Waals surface area contributed by atoms with Crippen LogP contribution in [0, 0.1) is 18.3 Å². The fraction of sp³-hybridized carbons (Fsp3) is 0.100. The Morgan fingerprint density at radius 1 is 1.46 bits per heavy atom. The number of aryl methyl sites for hydroxylation is 1. The van der Waals surface area contributed by atoms with E-state index >= 15 is 0 Å². The molecule has 3 nitrogen and oxygen atoms in total. The van der Waals surface area contributed by atoms with Crippen molar-refractivity contribution in [2.75, 3.05) is 5.73 Å². The summed E-state index contributed by atoms with van der Waals surface area (Å²) in [6.07, 6.45) is 0. The molecule has 0 bridgehead atoms. The van der Waals surface area contributed by atoms with E-state index in [2.05, 4.69) is 6.07 Å². The normalized spacial score (nSPS) is 10.2. The minimum atomic E-state index is 0.524. The predicted octanol–water partition coefficient (Wildman–Crippen LogP) is 1.70. The Hall–Kier alpha value is -1.95. The molecule has 0 aliphatic heterocycles. The lowest BCUT2D eigenvalue weighted by atomic mass is 10.3. The molecule has 2 heterocycles. The van der Waals surface area contributed by atoms with Gasteiger partial charge in [0.15, 0.2) is 0 Å². The van der Waals surface area contributed by atoms with E-state index in [0.29, 0.717) is 11.4 Å². The van der Waals surface area contributed by atoms with Crippen LogP contribution in [0.1, 0.15) is 11.3 Å². The Kier molecular flexibility index (Phi) is 1.49. The van der Waals surface area contributed by atoms with E-state index in [9.17, 15) is 0 Å². The number of fused-ring (bicyclic) bond motifs is 1. The minimum Gasteiger partial charge on any atom is -0.384 e. The molecule has 0 aliphatic rings. The van der Waals surface area contributed by atoms with Gasteiger partial charge in [0.2, 0.25) is 0 Å². The minimum absolute atomic E-state index is 0.524. The second kappa shape index (κ2) is 2.53. The number of anilines is 1. The van der Waals surface area contributed by atoms with E-state index < -0.39 is 0 Å². The molecule has 0 spiro atoms. The van der Waals surface area contributed by atoms with Crippen LogP contribution in [0.3, 0.4) is 0 Å². The van der Waals surface area contributed by atoms with Gasteiger partial charge in [-0.2, -0.15) is 5.26 Å². The molecule has 0 aliphatic carbocycles. The van der Waals surface area contributed by atoms with Crippen LogP contribution in [0.5, 0.6) is 0 Å². The highest BCUT2D eigenvalue weighted by Gasteiger charge is 2.06. The van der Waals surface area contributed by atoms with Crippen molar-refractivity contribution in [3.8, 4) is 6.07 Å². The van der Waals surface area contributed by atoms with Crippen LogP contribution >= 0.6 is 0 Å². The van der Waals surface area contributed by atoms with Crippen LogP contribution < -0.4 is 5.73 Å². The zero-order valence-electron chi connectivity index (χ0n) is 7.28. The molecule has 13 heavy (non-hydrogen) atoms. The summed E-state index contributed by atoms with van der Waals surface area (Å²) in [7, 11) is 0. The molecule has 0 radical (unpaired) electrons. The summed E-state index contributed by atoms with van der Waals surface area (Å²) in [5.41, 5.74) is 8.33. The van der Waals surface area contributed by atoms with E-state index in [0.717, 1.165) is 11.2 Å². The van der Waals surface area contributed by atoms with Crippen molar-refractivity contribution >= 4 is 11.3 Å². The highest BCUT2D eigenvalue weighted by atomic mass is 15.0. The first-order valence-electron chi connectivity index (χ1n) is 4.00. The zero-order valence-corrected chi connectivity index (χ0v) is 7.28. The lowest BCUT2D eigenvalue weighted by Crippen LogP contribution is -1.97. The molecule has 0 saturated heterocycles. The number of hydrogen-bond acceptors (Lipinski definition) is 2. The van der Waals surface area contributed by atoms with Gasteiger partial charge in [0, 0.05) is 11.2 Å². The topological polar surface area (TPSA) is 54.2 Å². The Labute approximate surface area is 76.0 Å². The summed E-state index contributed by atoms with van der Waals surface area (Å²) in [5.74, 6) is 0.524. The molecular formula is C10H9N3. The van der Waals surface area contributed by atoms with Gasteiger partial charge >= 0.3 is 0 Å². The molecule has 2 N–H and O–H groups in total. The van der Waals surface area contributed by atoms with Gasteiger partial charge < -0.3 is 5.73 Å². The molecule has 2 rings (SSSR count). The van der Waals surface area contributed by atoms with Crippen molar-refractivity contribution in [1.29, 1.82) is 5.26 Å². The first-order valence-corrected chi connectivity index (χ1v) is 4.00. The first kappa shape index (κ1) is 7.69. The second-order valence-corrected chi connectivity index (χ2v) is 2.98. The van der Waals surface area contributed by atoms with Crippen molar-refractivity contribution in [2.24, 2.45) is 0 Å². The summed E-state index contributed by atoms with van der Waals surface area (Å²) < 4.78 is 1.87. The summed E-state index contributed by atoms with van der Waals surface area (Å²) in [5, 5.41) is 8.77. The lowest BCUT2D eigenvalue weighted by molar-refractivity contribution is 1.11. The number of hydrogen-bond donors (Lipinski definition) is 1. The first-order chi connectivity index (χ1) is 6.24. The molecule has 0 aromatic carbocycles. The molecule has 0 atom stereocenters. The van der Waals surface area contributed by atoms with Crippen LogP contribution in [0.25, 0.3) is 5.52 Å². The van der Waals surface area contributed by atoms with E-state index in [-0.39, 0.29) is 0 Å². The third kappa shape index (κ3) is 0.960. The number of nitriles is 1.